The smallest absolute Gasteiger partial charge is 0.225 e. The number of amides is 1. The Morgan fingerprint density at radius 1 is 1.58 bits per heavy atom. The number of carbonyl (C=O) groups is 1. The molecule has 0 saturated carbocycles. The molecule has 0 aliphatic carbocycles. The molecule has 1 aliphatic rings. The zero-order valence-corrected chi connectivity index (χ0v) is 11.2. The summed E-state index contributed by atoms with van der Waals surface area (Å²) >= 11 is 0. The molecule has 19 heavy (non-hydrogen) atoms. The van der Waals surface area contributed by atoms with Crippen LogP contribution in [0.3, 0.4) is 0 Å². The van der Waals surface area contributed by atoms with E-state index in [1.165, 1.54) is 6.07 Å². The molecule has 1 aromatic rings. The minimum Gasteiger partial charge on any atom is -0.389 e. The van der Waals surface area contributed by atoms with E-state index in [0.29, 0.717) is 30.8 Å². The van der Waals surface area contributed by atoms with Crippen LogP contribution in [0.5, 0.6) is 0 Å². The molecule has 4 nitrogen and oxygen atoms in total. The van der Waals surface area contributed by atoms with Crippen molar-refractivity contribution in [3.05, 3.63) is 29.6 Å². The number of carbonyl (C=O) groups excluding carboxylic acids is 1. The van der Waals surface area contributed by atoms with E-state index in [1.54, 1.807) is 30.9 Å². The summed E-state index contributed by atoms with van der Waals surface area (Å²) in [6.45, 7) is 4.32. The number of aliphatic hydroxyl groups excluding tert-OH is 1. The molecule has 2 atom stereocenters. The van der Waals surface area contributed by atoms with Crippen LogP contribution in [-0.2, 0) is 4.79 Å². The number of primary amides is 1. The van der Waals surface area contributed by atoms with Crippen LogP contribution in [0.2, 0.25) is 0 Å². The van der Waals surface area contributed by atoms with E-state index in [9.17, 15) is 14.3 Å². The summed E-state index contributed by atoms with van der Waals surface area (Å²) in [5, 5.41) is 9.74. The third-order valence-corrected chi connectivity index (χ3v) is 3.85. The summed E-state index contributed by atoms with van der Waals surface area (Å²) in [5.74, 6) is -0.753. The predicted octanol–water partition coefficient (Wildman–Crippen LogP) is 1.58. The van der Waals surface area contributed by atoms with E-state index in [0.717, 1.165) is 0 Å². The molecule has 1 aliphatic heterocycles. The highest BCUT2D eigenvalue weighted by Crippen LogP contribution is 2.37. The number of nitrogens with two attached hydrogens (primary N) is 1. The number of halogens is 1. The Morgan fingerprint density at radius 3 is 2.79 bits per heavy atom. The minimum absolute atomic E-state index is 0.370. The maximum absolute atomic E-state index is 14.0. The Bertz CT molecular complexity index is 504. The van der Waals surface area contributed by atoms with Crippen molar-refractivity contribution in [2.24, 2.45) is 11.1 Å². The number of hydrogen-bond acceptors (Lipinski definition) is 3. The van der Waals surface area contributed by atoms with E-state index in [-0.39, 0.29) is 11.7 Å². The van der Waals surface area contributed by atoms with Crippen LogP contribution in [0.15, 0.2) is 18.2 Å². The van der Waals surface area contributed by atoms with Crippen molar-refractivity contribution >= 4 is 11.6 Å². The SMILES string of the molecule is C[C@@H](O)c1cccc(F)c1N1CCC(C)(C(N)=O)C1. The molecule has 0 aromatic heterocycles. The second kappa shape index (κ2) is 4.81. The molecule has 0 spiro atoms. The van der Waals surface area contributed by atoms with Gasteiger partial charge in [0.05, 0.1) is 17.2 Å². The number of anilines is 1. The minimum atomic E-state index is -0.758. The maximum Gasteiger partial charge on any atom is 0.225 e. The fourth-order valence-corrected chi connectivity index (χ4v) is 2.56. The van der Waals surface area contributed by atoms with Gasteiger partial charge in [-0.3, -0.25) is 4.79 Å². The van der Waals surface area contributed by atoms with Crippen LogP contribution in [0.4, 0.5) is 10.1 Å². The Morgan fingerprint density at radius 2 is 2.26 bits per heavy atom. The van der Waals surface area contributed by atoms with Gasteiger partial charge in [-0.25, -0.2) is 4.39 Å². The standard InChI is InChI=1S/C14H19FN2O2/c1-9(18)10-4-3-5-11(15)12(10)17-7-6-14(2,8-17)13(16)19/h3-5,9,18H,6-8H2,1-2H3,(H2,16,19)/t9-,14?/m1/s1. The van der Waals surface area contributed by atoms with Gasteiger partial charge in [-0.1, -0.05) is 12.1 Å². The lowest BCUT2D eigenvalue weighted by Gasteiger charge is -2.25. The first kappa shape index (κ1) is 13.8. The second-order valence-electron chi connectivity index (χ2n) is 5.45. The summed E-state index contributed by atoms with van der Waals surface area (Å²) in [6, 6.07) is 4.63. The van der Waals surface area contributed by atoms with Gasteiger partial charge in [-0.2, -0.15) is 0 Å². The average molecular weight is 266 g/mol. The Kier molecular flexibility index (Phi) is 3.49. The van der Waals surface area contributed by atoms with E-state index in [1.807, 2.05) is 0 Å². The van der Waals surface area contributed by atoms with Crippen molar-refractivity contribution in [1.29, 1.82) is 0 Å². The first-order valence-electron chi connectivity index (χ1n) is 6.36. The number of nitrogens with zero attached hydrogens (tertiary/aromatic N) is 1. The molecule has 1 unspecified atom stereocenters. The summed E-state index contributed by atoms with van der Waals surface area (Å²) in [6.07, 6.45) is -0.165. The van der Waals surface area contributed by atoms with Gasteiger partial charge in [-0.05, 0) is 26.3 Å². The van der Waals surface area contributed by atoms with Crippen LogP contribution < -0.4 is 10.6 Å². The Hall–Kier alpha value is -1.62. The van der Waals surface area contributed by atoms with Crippen molar-refractivity contribution in [2.45, 2.75) is 26.4 Å². The Labute approximate surface area is 112 Å². The molecule has 2 rings (SSSR count). The van der Waals surface area contributed by atoms with E-state index in [4.69, 9.17) is 5.73 Å². The summed E-state index contributed by atoms with van der Waals surface area (Å²) in [7, 11) is 0. The topological polar surface area (TPSA) is 66.6 Å². The molecule has 1 heterocycles. The fraction of sp³-hybridized carbons (Fsp3) is 0.500. The predicted molar refractivity (Wildman–Crippen MR) is 71.2 cm³/mol. The second-order valence-corrected chi connectivity index (χ2v) is 5.45. The third kappa shape index (κ3) is 2.42. The lowest BCUT2D eigenvalue weighted by Crippen LogP contribution is -2.37. The zero-order valence-electron chi connectivity index (χ0n) is 11.2. The monoisotopic (exact) mass is 266 g/mol. The van der Waals surface area contributed by atoms with E-state index >= 15 is 0 Å². The van der Waals surface area contributed by atoms with E-state index < -0.39 is 11.5 Å². The Balaban J connectivity index is 2.37. The molecular weight excluding hydrogens is 247 g/mol. The van der Waals surface area contributed by atoms with Crippen molar-refractivity contribution in [2.75, 3.05) is 18.0 Å². The van der Waals surface area contributed by atoms with Gasteiger partial charge in [0.15, 0.2) is 0 Å². The van der Waals surface area contributed by atoms with E-state index in [2.05, 4.69) is 0 Å². The van der Waals surface area contributed by atoms with Gasteiger partial charge in [0.2, 0.25) is 5.91 Å². The number of hydrogen-bond donors (Lipinski definition) is 2. The van der Waals surface area contributed by atoms with Crippen LogP contribution in [0.1, 0.15) is 31.9 Å². The van der Waals surface area contributed by atoms with Crippen molar-refractivity contribution in [3.8, 4) is 0 Å². The highest BCUT2D eigenvalue weighted by Gasteiger charge is 2.40. The molecule has 1 amide bonds. The lowest BCUT2D eigenvalue weighted by atomic mass is 9.89. The zero-order chi connectivity index (χ0) is 14.2. The van der Waals surface area contributed by atoms with Crippen LogP contribution >= 0.6 is 0 Å². The molecule has 1 saturated heterocycles. The summed E-state index contributed by atoms with van der Waals surface area (Å²) < 4.78 is 14.0. The van der Waals surface area contributed by atoms with Gasteiger partial charge in [-0.15, -0.1) is 0 Å². The number of benzene rings is 1. The average Bonchev–Trinajstić information content (AvgIpc) is 2.72. The molecule has 1 aromatic carbocycles. The molecule has 3 N–H and O–H groups in total. The number of para-hydroxylation sites is 1. The van der Waals surface area contributed by atoms with Crippen molar-refractivity contribution in [3.63, 3.8) is 0 Å². The molecule has 1 fully saturated rings. The molecule has 5 heteroatoms. The first-order valence-corrected chi connectivity index (χ1v) is 6.36. The van der Waals surface area contributed by atoms with Crippen LogP contribution in [0.25, 0.3) is 0 Å². The molecule has 104 valence electrons. The number of rotatable bonds is 3. The van der Waals surface area contributed by atoms with Crippen LogP contribution in [-0.4, -0.2) is 24.1 Å². The molecular formula is C14H19FN2O2. The maximum atomic E-state index is 14.0. The van der Waals surface area contributed by atoms with Crippen molar-refractivity contribution < 1.29 is 14.3 Å². The van der Waals surface area contributed by atoms with Gasteiger partial charge in [0.1, 0.15) is 5.82 Å². The normalized spacial score (nSPS) is 24.5. The lowest BCUT2D eigenvalue weighted by molar-refractivity contribution is -0.125. The van der Waals surface area contributed by atoms with Crippen LogP contribution in [0, 0.1) is 11.2 Å². The summed E-state index contributed by atoms with van der Waals surface area (Å²) in [5.41, 5.74) is 5.67. The molecule has 0 radical (unpaired) electrons. The highest BCUT2D eigenvalue weighted by atomic mass is 19.1. The fourth-order valence-electron chi connectivity index (χ4n) is 2.56. The van der Waals surface area contributed by atoms with Crippen molar-refractivity contribution in [1.82, 2.24) is 0 Å². The highest BCUT2D eigenvalue weighted by molar-refractivity contribution is 5.82. The van der Waals surface area contributed by atoms with Gasteiger partial charge >= 0.3 is 0 Å². The van der Waals surface area contributed by atoms with Gasteiger partial charge < -0.3 is 15.7 Å². The number of aliphatic hydroxyl groups is 1. The molecule has 0 bridgehead atoms. The quantitative estimate of drug-likeness (QED) is 0.873. The van der Waals surface area contributed by atoms with Gasteiger partial charge in [0, 0.05) is 18.7 Å². The first-order chi connectivity index (χ1) is 8.85. The summed E-state index contributed by atoms with van der Waals surface area (Å²) in [4.78, 5) is 13.3. The largest absolute Gasteiger partial charge is 0.389 e. The third-order valence-electron chi connectivity index (χ3n) is 3.85. The van der Waals surface area contributed by atoms with Gasteiger partial charge in [0.25, 0.3) is 0 Å².